The zero-order valence-electron chi connectivity index (χ0n) is 16.1. The van der Waals surface area contributed by atoms with Gasteiger partial charge in [-0.25, -0.2) is 4.98 Å². The largest absolute Gasteiger partial charge is 0.508 e. The lowest BCUT2D eigenvalue weighted by molar-refractivity contribution is -0.114. The summed E-state index contributed by atoms with van der Waals surface area (Å²) in [4.78, 5) is 21.5. The van der Waals surface area contributed by atoms with Crippen LogP contribution in [0, 0.1) is 6.92 Å². The van der Waals surface area contributed by atoms with Crippen molar-refractivity contribution < 1.29 is 9.90 Å². The van der Waals surface area contributed by atoms with Crippen LogP contribution in [0.15, 0.2) is 48.8 Å². The molecule has 2 heterocycles. The zero-order valence-corrected chi connectivity index (χ0v) is 16.1. The van der Waals surface area contributed by atoms with E-state index in [-0.39, 0.29) is 11.9 Å². The lowest BCUT2D eigenvalue weighted by Gasteiger charge is -2.35. The van der Waals surface area contributed by atoms with E-state index in [1.54, 1.807) is 12.4 Å². The van der Waals surface area contributed by atoms with Gasteiger partial charge in [0.15, 0.2) is 0 Å². The van der Waals surface area contributed by atoms with E-state index in [9.17, 15) is 9.90 Å². The van der Waals surface area contributed by atoms with Crippen LogP contribution in [0.3, 0.4) is 0 Å². The fourth-order valence-corrected chi connectivity index (χ4v) is 3.88. The van der Waals surface area contributed by atoms with Crippen molar-refractivity contribution in [3.8, 4) is 5.75 Å². The molecule has 3 aromatic rings. The van der Waals surface area contributed by atoms with Crippen molar-refractivity contribution in [3.63, 3.8) is 0 Å². The molecule has 1 amide bonds. The van der Waals surface area contributed by atoms with E-state index in [0.29, 0.717) is 12.3 Å². The second-order valence-corrected chi connectivity index (χ2v) is 7.32. The van der Waals surface area contributed by atoms with Crippen LogP contribution in [-0.2, 0) is 17.8 Å². The number of aromatic amines is 1. The Hall–Kier alpha value is -3.12. The number of aromatic nitrogens is 2. The first kappa shape index (κ1) is 18.3. The number of carbonyl (C=O) groups excluding carboxylic acids is 1. The number of fused-ring (bicyclic) bond motifs is 1. The number of phenolic OH excluding ortho intramolecular Hbond substituents is 1. The van der Waals surface area contributed by atoms with Crippen molar-refractivity contribution in [1.82, 2.24) is 14.9 Å². The van der Waals surface area contributed by atoms with Crippen molar-refractivity contribution in [3.05, 3.63) is 76.9 Å². The highest BCUT2D eigenvalue weighted by molar-refractivity contribution is 5.88. The summed E-state index contributed by atoms with van der Waals surface area (Å²) in [5.74, 6) is 0.231. The first-order valence-electron chi connectivity index (χ1n) is 9.43. The lowest BCUT2D eigenvalue weighted by atomic mass is 9.94. The number of carbonyl (C=O) groups is 1. The minimum atomic E-state index is -0.0865. The minimum Gasteiger partial charge on any atom is -0.508 e. The molecule has 1 aliphatic rings. The molecule has 1 unspecified atom stereocenters. The molecule has 0 bridgehead atoms. The molecule has 0 spiro atoms. The van der Waals surface area contributed by atoms with Crippen molar-refractivity contribution in [2.75, 3.05) is 11.9 Å². The van der Waals surface area contributed by atoms with E-state index in [1.165, 1.54) is 6.92 Å². The molecule has 4 rings (SSSR count). The second kappa shape index (κ2) is 7.48. The Labute approximate surface area is 164 Å². The van der Waals surface area contributed by atoms with E-state index in [1.807, 2.05) is 43.3 Å². The molecule has 1 aliphatic heterocycles. The van der Waals surface area contributed by atoms with Gasteiger partial charge in [-0.15, -0.1) is 0 Å². The summed E-state index contributed by atoms with van der Waals surface area (Å²) in [6.45, 7) is 5.03. The highest BCUT2D eigenvalue weighted by Crippen LogP contribution is 2.36. The molecule has 0 fully saturated rings. The Morgan fingerprint density at radius 2 is 2.07 bits per heavy atom. The Morgan fingerprint density at radius 1 is 1.29 bits per heavy atom. The van der Waals surface area contributed by atoms with Gasteiger partial charge in [-0.2, -0.15) is 0 Å². The Balaban J connectivity index is 1.68. The average molecular weight is 376 g/mol. The molecule has 0 radical (unpaired) electrons. The Bertz CT molecular complexity index is 994. The average Bonchev–Trinajstić information content (AvgIpc) is 3.14. The van der Waals surface area contributed by atoms with Crippen LogP contribution in [0.25, 0.3) is 0 Å². The number of H-pyrrole nitrogens is 1. The number of aromatic hydroxyl groups is 1. The summed E-state index contributed by atoms with van der Waals surface area (Å²) in [5.41, 5.74) is 6.10. The van der Waals surface area contributed by atoms with Gasteiger partial charge in [0.05, 0.1) is 18.1 Å². The van der Waals surface area contributed by atoms with Crippen molar-refractivity contribution >= 4 is 11.6 Å². The number of hydrogen-bond donors (Lipinski definition) is 3. The number of phenols is 1. The molecule has 0 aliphatic carbocycles. The summed E-state index contributed by atoms with van der Waals surface area (Å²) in [5, 5.41) is 13.1. The van der Waals surface area contributed by atoms with Gasteiger partial charge in [-0.05, 0) is 30.7 Å². The third-order valence-electron chi connectivity index (χ3n) is 5.18. The number of rotatable bonds is 4. The smallest absolute Gasteiger partial charge is 0.221 e. The SMILES string of the molecule is CC(=O)Nc1ccc(C2c3nc[nH]c3CCN2Cc2cc(C)ccc2O)cc1. The van der Waals surface area contributed by atoms with E-state index >= 15 is 0 Å². The Morgan fingerprint density at radius 3 is 2.82 bits per heavy atom. The third-order valence-corrected chi connectivity index (χ3v) is 5.18. The van der Waals surface area contributed by atoms with Crippen molar-refractivity contribution in [2.24, 2.45) is 0 Å². The quantitative estimate of drug-likeness (QED) is 0.651. The summed E-state index contributed by atoms with van der Waals surface area (Å²) >= 11 is 0. The van der Waals surface area contributed by atoms with Crippen LogP contribution in [0.5, 0.6) is 5.75 Å². The molecule has 3 N–H and O–H groups in total. The molecular formula is C22H24N4O2. The topological polar surface area (TPSA) is 81.2 Å². The van der Waals surface area contributed by atoms with Crippen LogP contribution in [0.2, 0.25) is 0 Å². The number of anilines is 1. The van der Waals surface area contributed by atoms with Crippen LogP contribution in [0.4, 0.5) is 5.69 Å². The van der Waals surface area contributed by atoms with Gasteiger partial charge in [0.25, 0.3) is 0 Å². The van der Waals surface area contributed by atoms with Crippen molar-refractivity contribution in [1.29, 1.82) is 0 Å². The van der Waals surface area contributed by atoms with Crippen LogP contribution in [-0.4, -0.2) is 32.4 Å². The molecule has 28 heavy (non-hydrogen) atoms. The predicted octanol–water partition coefficient (Wildman–Crippen LogP) is 3.53. The van der Waals surface area contributed by atoms with Gasteiger partial charge in [0, 0.05) is 43.4 Å². The molecule has 1 aromatic heterocycles. The first-order chi connectivity index (χ1) is 13.5. The van der Waals surface area contributed by atoms with Gasteiger partial charge in [-0.3, -0.25) is 9.69 Å². The molecule has 0 saturated heterocycles. The molecule has 6 nitrogen and oxygen atoms in total. The summed E-state index contributed by atoms with van der Waals surface area (Å²) in [6, 6.07) is 13.6. The summed E-state index contributed by atoms with van der Waals surface area (Å²) < 4.78 is 0. The first-order valence-corrected chi connectivity index (χ1v) is 9.43. The predicted molar refractivity (Wildman–Crippen MR) is 108 cm³/mol. The molecule has 1 atom stereocenters. The van der Waals surface area contributed by atoms with Crippen LogP contribution >= 0.6 is 0 Å². The maximum Gasteiger partial charge on any atom is 0.221 e. The number of aryl methyl sites for hydroxylation is 1. The number of hydrogen-bond acceptors (Lipinski definition) is 4. The minimum absolute atomic E-state index is 0.0127. The van der Waals surface area contributed by atoms with E-state index in [2.05, 4.69) is 20.2 Å². The fourth-order valence-electron chi connectivity index (χ4n) is 3.88. The number of imidazole rings is 1. The molecule has 144 valence electrons. The maximum atomic E-state index is 11.3. The van der Waals surface area contributed by atoms with E-state index in [0.717, 1.165) is 46.7 Å². The highest BCUT2D eigenvalue weighted by Gasteiger charge is 2.31. The summed E-state index contributed by atoms with van der Waals surface area (Å²) in [6.07, 6.45) is 2.64. The normalized spacial score (nSPS) is 16.6. The molecule has 2 aromatic carbocycles. The second-order valence-electron chi connectivity index (χ2n) is 7.32. The zero-order chi connectivity index (χ0) is 19.7. The third kappa shape index (κ3) is 3.64. The van der Waals surface area contributed by atoms with E-state index < -0.39 is 0 Å². The maximum absolute atomic E-state index is 11.3. The van der Waals surface area contributed by atoms with Gasteiger partial charge < -0.3 is 15.4 Å². The molecule has 0 saturated carbocycles. The number of benzene rings is 2. The van der Waals surface area contributed by atoms with Crippen molar-refractivity contribution in [2.45, 2.75) is 32.9 Å². The fraction of sp³-hybridized carbons (Fsp3) is 0.273. The van der Waals surface area contributed by atoms with Crippen LogP contribution in [0.1, 0.15) is 41.0 Å². The lowest BCUT2D eigenvalue weighted by Crippen LogP contribution is -2.35. The number of nitrogens with one attached hydrogen (secondary N) is 2. The standard InChI is InChI=1S/C22H24N4O2/c1-14-3-8-20(28)17(11-14)12-26-10-9-19-21(24-13-23-19)22(26)16-4-6-18(7-5-16)25-15(2)27/h3-8,11,13,22,28H,9-10,12H2,1-2H3,(H,23,24)(H,25,27). The van der Waals surface area contributed by atoms with Gasteiger partial charge in [0.2, 0.25) is 5.91 Å². The Kier molecular flexibility index (Phi) is 4.88. The molecular weight excluding hydrogens is 352 g/mol. The number of amides is 1. The molecule has 6 heteroatoms. The van der Waals surface area contributed by atoms with Gasteiger partial charge >= 0.3 is 0 Å². The van der Waals surface area contributed by atoms with E-state index in [4.69, 9.17) is 0 Å². The summed E-state index contributed by atoms with van der Waals surface area (Å²) in [7, 11) is 0. The monoisotopic (exact) mass is 376 g/mol. The highest BCUT2D eigenvalue weighted by atomic mass is 16.3. The number of nitrogens with zero attached hydrogens (tertiary/aromatic N) is 2. The van der Waals surface area contributed by atoms with Gasteiger partial charge in [0.1, 0.15) is 5.75 Å². The van der Waals surface area contributed by atoms with Gasteiger partial charge in [-0.1, -0.05) is 29.8 Å². The van der Waals surface area contributed by atoms with Crippen LogP contribution < -0.4 is 5.32 Å².